The maximum Gasteiger partial charge on any atom is 0.212 e. The third kappa shape index (κ3) is 3.26. The Bertz CT molecular complexity index is 553. The highest BCUT2D eigenvalue weighted by atomic mass is 16.5. The molecule has 0 bridgehead atoms. The van der Waals surface area contributed by atoms with Crippen molar-refractivity contribution in [1.82, 2.24) is 15.0 Å². The van der Waals surface area contributed by atoms with Crippen LogP contribution in [0.4, 0.5) is 0 Å². The third-order valence-corrected chi connectivity index (χ3v) is 2.89. The number of rotatable bonds is 4. The quantitative estimate of drug-likeness (QED) is 0.907. The summed E-state index contributed by atoms with van der Waals surface area (Å²) in [7, 11) is 1.59. The van der Waals surface area contributed by atoms with Crippen molar-refractivity contribution in [3.05, 3.63) is 47.2 Å². The Morgan fingerprint density at radius 3 is 2.58 bits per heavy atom. The minimum atomic E-state index is -0.545. The number of aromatic nitrogens is 3. The number of ether oxygens (including phenoxy) is 1. The molecule has 5 heteroatoms. The molecule has 0 aliphatic heterocycles. The largest absolute Gasteiger partial charge is 0.481 e. The van der Waals surface area contributed by atoms with Crippen LogP contribution in [0.25, 0.3) is 0 Å². The smallest absolute Gasteiger partial charge is 0.212 e. The van der Waals surface area contributed by atoms with Gasteiger partial charge in [-0.3, -0.25) is 0 Å². The fourth-order valence-corrected chi connectivity index (χ4v) is 1.84. The summed E-state index contributed by atoms with van der Waals surface area (Å²) in [5, 5.41) is 9.54. The van der Waals surface area contributed by atoms with Crippen molar-refractivity contribution in [2.75, 3.05) is 7.11 Å². The lowest BCUT2D eigenvalue weighted by Gasteiger charge is -2.09. The summed E-state index contributed by atoms with van der Waals surface area (Å²) >= 11 is 0. The van der Waals surface area contributed by atoms with Gasteiger partial charge in [0, 0.05) is 36.1 Å². The molecule has 0 saturated carbocycles. The van der Waals surface area contributed by atoms with Gasteiger partial charge in [-0.15, -0.1) is 0 Å². The molecule has 0 aliphatic rings. The molecule has 2 heterocycles. The number of aliphatic hydroxyl groups excluding tert-OH is 1. The van der Waals surface area contributed by atoms with E-state index in [9.17, 15) is 5.11 Å². The van der Waals surface area contributed by atoms with Crippen molar-refractivity contribution in [1.29, 1.82) is 0 Å². The highest BCUT2D eigenvalue weighted by Crippen LogP contribution is 2.15. The van der Waals surface area contributed by atoms with Crippen LogP contribution < -0.4 is 4.74 Å². The molecule has 1 N–H and O–H groups in total. The summed E-state index contributed by atoms with van der Waals surface area (Å²) in [6.45, 7) is 3.58. The Kier molecular flexibility index (Phi) is 4.06. The van der Waals surface area contributed by atoms with E-state index in [1.165, 1.54) is 0 Å². The van der Waals surface area contributed by atoms with Crippen LogP contribution >= 0.6 is 0 Å². The molecular weight excluding hydrogens is 242 g/mol. The summed E-state index contributed by atoms with van der Waals surface area (Å²) in [4.78, 5) is 12.8. The molecule has 2 rings (SSSR count). The average Bonchev–Trinajstić information content (AvgIpc) is 2.39. The molecule has 5 nitrogen and oxygen atoms in total. The van der Waals surface area contributed by atoms with Crippen molar-refractivity contribution in [2.24, 2.45) is 0 Å². The number of methoxy groups -OCH3 is 1. The van der Waals surface area contributed by atoms with Crippen LogP contribution in [0.2, 0.25) is 0 Å². The SMILES string of the molecule is COc1ccc(Cc2ncc(C(C)O)c(C)n2)cn1. The first kappa shape index (κ1) is 13.4. The van der Waals surface area contributed by atoms with E-state index >= 15 is 0 Å². The van der Waals surface area contributed by atoms with Crippen molar-refractivity contribution < 1.29 is 9.84 Å². The van der Waals surface area contributed by atoms with Gasteiger partial charge in [-0.25, -0.2) is 15.0 Å². The molecule has 100 valence electrons. The minimum Gasteiger partial charge on any atom is -0.481 e. The van der Waals surface area contributed by atoms with E-state index in [-0.39, 0.29) is 0 Å². The number of aliphatic hydroxyl groups is 1. The van der Waals surface area contributed by atoms with Gasteiger partial charge < -0.3 is 9.84 Å². The molecule has 2 aromatic heterocycles. The van der Waals surface area contributed by atoms with Crippen LogP contribution in [0.1, 0.15) is 35.7 Å². The lowest BCUT2D eigenvalue weighted by atomic mass is 10.1. The van der Waals surface area contributed by atoms with Crippen LogP contribution in [0.5, 0.6) is 5.88 Å². The maximum absolute atomic E-state index is 9.54. The molecule has 0 amide bonds. The van der Waals surface area contributed by atoms with Gasteiger partial charge in [-0.05, 0) is 19.4 Å². The first-order valence-electron chi connectivity index (χ1n) is 6.09. The fraction of sp³-hybridized carbons (Fsp3) is 0.357. The highest BCUT2D eigenvalue weighted by Gasteiger charge is 2.08. The Morgan fingerprint density at radius 1 is 1.26 bits per heavy atom. The lowest BCUT2D eigenvalue weighted by Crippen LogP contribution is -2.04. The predicted octanol–water partition coefficient (Wildman–Crippen LogP) is 1.83. The zero-order valence-electron chi connectivity index (χ0n) is 11.3. The molecule has 0 radical (unpaired) electrons. The fourth-order valence-electron chi connectivity index (χ4n) is 1.84. The van der Waals surface area contributed by atoms with Crippen LogP contribution in [0, 0.1) is 6.92 Å². The Hall–Kier alpha value is -2.01. The van der Waals surface area contributed by atoms with Gasteiger partial charge in [-0.2, -0.15) is 0 Å². The van der Waals surface area contributed by atoms with E-state index < -0.39 is 6.10 Å². The van der Waals surface area contributed by atoms with E-state index in [1.807, 2.05) is 19.1 Å². The maximum atomic E-state index is 9.54. The van der Waals surface area contributed by atoms with Crippen molar-refractivity contribution in [3.8, 4) is 5.88 Å². The molecule has 0 aromatic carbocycles. The number of aryl methyl sites for hydroxylation is 1. The number of pyridine rings is 1. The van der Waals surface area contributed by atoms with Crippen LogP contribution in [0.15, 0.2) is 24.5 Å². The molecular formula is C14H17N3O2. The molecule has 0 aliphatic carbocycles. The van der Waals surface area contributed by atoms with Gasteiger partial charge in [0.1, 0.15) is 5.82 Å². The predicted molar refractivity (Wildman–Crippen MR) is 71.0 cm³/mol. The Balaban J connectivity index is 2.16. The van der Waals surface area contributed by atoms with E-state index in [0.29, 0.717) is 18.1 Å². The molecule has 19 heavy (non-hydrogen) atoms. The summed E-state index contributed by atoms with van der Waals surface area (Å²) in [5.41, 5.74) is 2.59. The monoisotopic (exact) mass is 259 g/mol. The van der Waals surface area contributed by atoms with Crippen molar-refractivity contribution in [3.63, 3.8) is 0 Å². The average molecular weight is 259 g/mol. The van der Waals surface area contributed by atoms with Gasteiger partial charge in [0.05, 0.1) is 13.2 Å². The Labute approximate surface area is 112 Å². The van der Waals surface area contributed by atoms with Crippen LogP contribution in [-0.4, -0.2) is 27.2 Å². The summed E-state index contributed by atoms with van der Waals surface area (Å²) in [6.07, 6.45) is 3.49. The summed E-state index contributed by atoms with van der Waals surface area (Å²) < 4.78 is 5.01. The third-order valence-electron chi connectivity index (χ3n) is 2.89. The summed E-state index contributed by atoms with van der Waals surface area (Å²) in [6, 6.07) is 3.75. The second kappa shape index (κ2) is 5.75. The normalized spacial score (nSPS) is 12.2. The number of nitrogens with zero attached hydrogens (tertiary/aromatic N) is 3. The van der Waals surface area contributed by atoms with E-state index in [2.05, 4.69) is 15.0 Å². The van der Waals surface area contributed by atoms with Gasteiger partial charge in [0.15, 0.2) is 0 Å². The Morgan fingerprint density at radius 2 is 2.05 bits per heavy atom. The van der Waals surface area contributed by atoms with Gasteiger partial charge in [-0.1, -0.05) is 6.07 Å². The minimum absolute atomic E-state index is 0.545. The summed E-state index contributed by atoms with van der Waals surface area (Å²) in [5.74, 6) is 1.30. The van der Waals surface area contributed by atoms with Crippen LogP contribution in [0.3, 0.4) is 0 Å². The van der Waals surface area contributed by atoms with Gasteiger partial charge in [0.2, 0.25) is 5.88 Å². The molecule has 0 spiro atoms. The van der Waals surface area contributed by atoms with Gasteiger partial charge in [0.25, 0.3) is 0 Å². The molecule has 0 saturated heterocycles. The van der Waals surface area contributed by atoms with Crippen molar-refractivity contribution in [2.45, 2.75) is 26.4 Å². The van der Waals surface area contributed by atoms with Gasteiger partial charge >= 0.3 is 0 Å². The standard InChI is InChI=1S/C14H17N3O2/c1-9-12(10(2)18)8-15-13(17-9)6-11-4-5-14(19-3)16-7-11/h4-5,7-8,10,18H,6H2,1-3H3. The molecule has 2 aromatic rings. The highest BCUT2D eigenvalue weighted by molar-refractivity contribution is 5.23. The molecule has 1 atom stereocenters. The first-order valence-corrected chi connectivity index (χ1v) is 6.09. The van der Waals surface area contributed by atoms with Crippen molar-refractivity contribution >= 4 is 0 Å². The zero-order valence-corrected chi connectivity index (χ0v) is 11.3. The number of hydrogen-bond donors (Lipinski definition) is 1. The van der Waals surface area contributed by atoms with E-state index in [4.69, 9.17) is 4.74 Å². The van der Waals surface area contributed by atoms with E-state index in [1.54, 1.807) is 26.4 Å². The molecule has 1 unspecified atom stereocenters. The molecule has 0 fully saturated rings. The lowest BCUT2D eigenvalue weighted by molar-refractivity contribution is 0.197. The topological polar surface area (TPSA) is 68.1 Å². The first-order chi connectivity index (χ1) is 9.10. The second-order valence-corrected chi connectivity index (χ2v) is 4.39. The zero-order chi connectivity index (χ0) is 13.8. The van der Waals surface area contributed by atoms with E-state index in [0.717, 1.165) is 16.8 Å². The van der Waals surface area contributed by atoms with Crippen LogP contribution in [-0.2, 0) is 6.42 Å². The number of hydrogen-bond acceptors (Lipinski definition) is 5. The second-order valence-electron chi connectivity index (χ2n) is 4.39.